The first-order valence-corrected chi connectivity index (χ1v) is 7.51. The van der Waals surface area contributed by atoms with Crippen LogP contribution >= 0.6 is 0 Å². The maximum Gasteiger partial charge on any atom is 0.254 e. The fraction of sp³-hybridized carbons (Fsp3) is 0.412. The summed E-state index contributed by atoms with van der Waals surface area (Å²) in [6.07, 6.45) is 4.63. The smallest absolute Gasteiger partial charge is 0.254 e. The Morgan fingerprint density at radius 2 is 2.24 bits per heavy atom. The Bertz CT molecular complexity index is 696. The predicted molar refractivity (Wildman–Crippen MR) is 82.5 cm³/mol. The minimum atomic E-state index is 0.0870. The van der Waals surface area contributed by atoms with Crippen LogP contribution in [0.5, 0.6) is 5.75 Å². The second kappa shape index (κ2) is 5.35. The summed E-state index contributed by atoms with van der Waals surface area (Å²) in [7, 11) is 0. The summed E-state index contributed by atoms with van der Waals surface area (Å²) in [6.45, 7) is 4.86. The Labute approximate surface area is 124 Å². The molecule has 0 aliphatic carbocycles. The number of pyridine rings is 1. The molecule has 3 rings (SSSR count). The minimum Gasteiger partial charge on any atom is -0.506 e. The van der Waals surface area contributed by atoms with Crippen LogP contribution in [-0.4, -0.2) is 33.5 Å². The number of fused-ring (bicyclic) bond motifs is 1. The molecule has 4 nitrogen and oxygen atoms in total. The van der Waals surface area contributed by atoms with Crippen LogP contribution in [-0.2, 0) is 0 Å². The number of carbonyl (C=O) groups is 1. The standard InChI is InChI=1S/C17H20N2O2/c1-3-13-5-4-8-19(13)17(21)12-6-7-14-15(9-12)11(2)18-10-16(14)20/h6-7,9-10,13,20H,3-5,8H2,1-2H3. The Kier molecular flexibility index (Phi) is 3.53. The quantitative estimate of drug-likeness (QED) is 0.921. The molecular formula is C17H20N2O2. The first-order chi connectivity index (χ1) is 10.1. The van der Waals surface area contributed by atoms with E-state index < -0.39 is 0 Å². The SMILES string of the molecule is CCC1CCCN1C(=O)c1ccc2c(O)cnc(C)c2c1. The highest BCUT2D eigenvalue weighted by Crippen LogP contribution is 2.28. The van der Waals surface area contributed by atoms with Crippen LogP contribution in [0.1, 0.15) is 42.2 Å². The molecule has 1 saturated heterocycles. The van der Waals surface area contributed by atoms with Gasteiger partial charge in [0.25, 0.3) is 5.91 Å². The van der Waals surface area contributed by atoms with Gasteiger partial charge in [-0.3, -0.25) is 9.78 Å². The van der Waals surface area contributed by atoms with Gasteiger partial charge in [-0.05, 0) is 44.4 Å². The molecule has 21 heavy (non-hydrogen) atoms. The van der Waals surface area contributed by atoms with Gasteiger partial charge in [0.1, 0.15) is 5.75 Å². The Hall–Kier alpha value is -2.10. The van der Waals surface area contributed by atoms with Gasteiger partial charge in [-0.1, -0.05) is 6.92 Å². The molecule has 1 aliphatic rings. The second-order valence-corrected chi connectivity index (χ2v) is 5.69. The van der Waals surface area contributed by atoms with E-state index in [4.69, 9.17) is 0 Å². The van der Waals surface area contributed by atoms with Crippen molar-refractivity contribution in [3.05, 3.63) is 35.7 Å². The first-order valence-electron chi connectivity index (χ1n) is 7.51. The number of carbonyl (C=O) groups excluding carboxylic acids is 1. The van der Waals surface area contributed by atoms with Crippen molar-refractivity contribution in [3.8, 4) is 5.75 Å². The van der Waals surface area contributed by atoms with E-state index in [1.807, 2.05) is 24.0 Å². The summed E-state index contributed by atoms with van der Waals surface area (Å²) in [5, 5.41) is 11.4. The van der Waals surface area contributed by atoms with Crippen molar-refractivity contribution in [2.75, 3.05) is 6.54 Å². The molecule has 110 valence electrons. The lowest BCUT2D eigenvalue weighted by atomic mass is 10.0. The molecule has 1 N–H and O–H groups in total. The number of hydrogen-bond donors (Lipinski definition) is 1. The highest BCUT2D eigenvalue weighted by atomic mass is 16.3. The number of aryl methyl sites for hydroxylation is 1. The molecule has 1 amide bonds. The summed E-state index contributed by atoms with van der Waals surface area (Å²) in [4.78, 5) is 18.8. The summed E-state index contributed by atoms with van der Waals surface area (Å²) < 4.78 is 0. The van der Waals surface area contributed by atoms with Crippen molar-refractivity contribution in [1.29, 1.82) is 0 Å². The maximum atomic E-state index is 12.7. The van der Waals surface area contributed by atoms with E-state index in [1.165, 1.54) is 6.20 Å². The zero-order valence-corrected chi connectivity index (χ0v) is 12.5. The van der Waals surface area contributed by atoms with Gasteiger partial charge < -0.3 is 10.0 Å². The molecule has 1 aromatic heterocycles. The zero-order chi connectivity index (χ0) is 15.0. The number of hydrogen-bond acceptors (Lipinski definition) is 3. The molecule has 0 radical (unpaired) electrons. The van der Waals surface area contributed by atoms with Crippen molar-refractivity contribution in [1.82, 2.24) is 9.88 Å². The van der Waals surface area contributed by atoms with Gasteiger partial charge in [0.05, 0.1) is 6.20 Å². The molecule has 4 heteroatoms. The fourth-order valence-corrected chi connectivity index (χ4v) is 3.19. The van der Waals surface area contributed by atoms with Gasteiger partial charge in [-0.25, -0.2) is 0 Å². The summed E-state index contributed by atoms with van der Waals surface area (Å²) >= 11 is 0. The number of likely N-dealkylation sites (tertiary alicyclic amines) is 1. The van der Waals surface area contributed by atoms with Crippen LogP contribution in [0.2, 0.25) is 0 Å². The van der Waals surface area contributed by atoms with E-state index in [0.29, 0.717) is 11.6 Å². The van der Waals surface area contributed by atoms with Gasteiger partial charge in [0.15, 0.2) is 0 Å². The molecule has 0 spiro atoms. The van der Waals surface area contributed by atoms with Crippen molar-refractivity contribution in [2.24, 2.45) is 0 Å². The molecule has 1 aromatic carbocycles. The molecular weight excluding hydrogens is 264 g/mol. The van der Waals surface area contributed by atoms with Crippen LogP contribution in [0.15, 0.2) is 24.4 Å². The Morgan fingerprint density at radius 3 is 3.00 bits per heavy atom. The Balaban J connectivity index is 2.01. The van der Waals surface area contributed by atoms with Crippen LogP contribution in [0.25, 0.3) is 10.8 Å². The van der Waals surface area contributed by atoms with E-state index in [0.717, 1.165) is 42.3 Å². The number of nitrogens with zero attached hydrogens (tertiary/aromatic N) is 2. The molecule has 2 heterocycles. The van der Waals surface area contributed by atoms with Crippen molar-refractivity contribution in [3.63, 3.8) is 0 Å². The summed E-state index contributed by atoms with van der Waals surface area (Å²) in [6, 6.07) is 5.82. The predicted octanol–water partition coefficient (Wildman–Crippen LogP) is 3.26. The molecule has 1 fully saturated rings. The van der Waals surface area contributed by atoms with Gasteiger partial charge in [-0.2, -0.15) is 0 Å². The third kappa shape index (κ3) is 2.35. The van der Waals surface area contributed by atoms with E-state index in [1.54, 1.807) is 6.07 Å². The van der Waals surface area contributed by atoms with Crippen LogP contribution in [0.4, 0.5) is 0 Å². The number of rotatable bonds is 2. The van der Waals surface area contributed by atoms with Crippen LogP contribution in [0.3, 0.4) is 0 Å². The number of amides is 1. The molecule has 0 saturated carbocycles. The lowest BCUT2D eigenvalue weighted by Gasteiger charge is -2.23. The van der Waals surface area contributed by atoms with Crippen molar-refractivity contribution in [2.45, 2.75) is 39.2 Å². The highest BCUT2D eigenvalue weighted by molar-refractivity contribution is 6.00. The van der Waals surface area contributed by atoms with Crippen molar-refractivity contribution < 1.29 is 9.90 Å². The Morgan fingerprint density at radius 1 is 1.43 bits per heavy atom. The zero-order valence-electron chi connectivity index (χ0n) is 12.5. The van der Waals surface area contributed by atoms with Crippen LogP contribution < -0.4 is 0 Å². The molecule has 1 unspecified atom stereocenters. The normalized spacial score (nSPS) is 18.4. The van der Waals surface area contributed by atoms with E-state index in [2.05, 4.69) is 11.9 Å². The number of aromatic hydroxyl groups is 1. The van der Waals surface area contributed by atoms with E-state index in [9.17, 15) is 9.90 Å². The van der Waals surface area contributed by atoms with E-state index >= 15 is 0 Å². The third-order valence-corrected chi connectivity index (χ3v) is 4.42. The average molecular weight is 284 g/mol. The highest BCUT2D eigenvalue weighted by Gasteiger charge is 2.28. The third-order valence-electron chi connectivity index (χ3n) is 4.42. The second-order valence-electron chi connectivity index (χ2n) is 5.69. The van der Waals surface area contributed by atoms with Gasteiger partial charge in [-0.15, -0.1) is 0 Å². The fourth-order valence-electron chi connectivity index (χ4n) is 3.19. The number of aromatic nitrogens is 1. The molecule has 1 atom stereocenters. The topological polar surface area (TPSA) is 53.4 Å². The average Bonchev–Trinajstić information content (AvgIpc) is 2.98. The maximum absolute atomic E-state index is 12.7. The number of benzene rings is 1. The van der Waals surface area contributed by atoms with Crippen molar-refractivity contribution >= 4 is 16.7 Å². The molecule has 2 aromatic rings. The van der Waals surface area contributed by atoms with Gasteiger partial charge >= 0.3 is 0 Å². The lowest BCUT2D eigenvalue weighted by molar-refractivity contribution is 0.0734. The van der Waals surface area contributed by atoms with Gasteiger partial charge in [0.2, 0.25) is 0 Å². The largest absolute Gasteiger partial charge is 0.506 e. The minimum absolute atomic E-state index is 0.0870. The first kappa shape index (κ1) is 13.9. The lowest BCUT2D eigenvalue weighted by Crippen LogP contribution is -2.35. The van der Waals surface area contributed by atoms with Gasteiger partial charge in [0, 0.05) is 34.6 Å². The molecule has 1 aliphatic heterocycles. The summed E-state index contributed by atoms with van der Waals surface area (Å²) in [5.41, 5.74) is 1.50. The summed E-state index contributed by atoms with van der Waals surface area (Å²) in [5.74, 6) is 0.242. The van der Waals surface area contributed by atoms with E-state index in [-0.39, 0.29) is 11.7 Å². The monoisotopic (exact) mass is 284 g/mol. The van der Waals surface area contributed by atoms with Crippen LogP contribution in [0, 0.1) is 6.92 Å². The molecule has 0 bridgehead atoms.